The molecular formula is C20H23N7O. The van der Waals surface area contributed by atoms with Crippen LogP contribution in [0.4, 0.5) is 10.5 Å². The van der Waals surface area contributed by atoms with Crippen LogP contribution in [0.15, 0.2) is 49.2 Å². The van der Waals surface area contributed by atoms with E-state index in [1.54, 1.807) is 18.9 Å². The van der Waals surface area contributed by atoms with Crippen LogP contribution in [-0.2, 0) is 6.54 Å². The second kappa shape index (κ2) is 8.16. The lowest BCUT2D eigenvalue weighted by molar-refractivity contribution is 0.175. The van der Waals surface area contributed by atoms with Gasteiger partial charge in [0.25, 0.3) is 0 Å². The lowest BCUT2D eigenvalue weighted by atomic mass is 9.97. The van der Waals surface area contributed by atoms with Gasteiger partial charge in [0.15, 0.2) is 5.82 Å². The number of nitrogens with zero attached hydrogens (tertiary/aromatic N) is 6. The minimum atomic E-state index is -0.0567. The van der Waals surface area contributed by atoms with E-state index in [2.05, 4.69) is 25.4 Å². The number of nitrogens with one attached hydrogen (secondary N) is 1. The van der Waals surface area contributed by atoms with Gasteiger partial charge in [0.1, 0.15) is 12.7 Å². The van der Waals surface area contributed by atoms with Crippen LogP contribution in [0.5, 0.6) is 0 Å². The summed E-state index contributed by atoms with van der Waals surface area (Å²) >= 11 is 0. The van der Waals surface area contributed by atoms with Gasteiger partial charge in [-0.1, -0.05) is 0 Å². The molecule has 8 nitrogen and oxygen atoms in total. The van der Waals surface area contributed by atoms with Gasteiger partial charge in [0, 0.05) is 42.8 Å². The van der Waals surface area contributed by atoms with E-state index in [1.165, 1.54) is 0 Å². The van der Waals surface area contributed by atoms with Crippen LogP contribution in [0.25, 0.3) is 11.4 Å². The second-order valence-corrected chi connectivity index (χ2v) is 7.08. The van der Waals surface area contributed by atoms with Crippen LogP contribution in [0.2, 0.25) is 0 Å². The highest BCUT2D eigenvalue weighted by Gasteiger charge is 2.23. The number of hydrogen-bond acceptors (Lipinski definition) is 5. The highest BCUT2D eigenvalue weighted by molar-refractivity contribution is 5.89. The van der Waals surface area contributed by atoms with Crippen LogP contribution in [-0.4, -0.2) is 48.8 Å². The predicted octanol–water partition coefficient (Wildman–Crippen LogP) is 2.99. The van der Waals surface area contributed by atoms with E-state index in [1.807, 2.05) is 46.8 Å². The molecule has 3 aromatic rings. The number of aryl methyl sites for hydroxylation is 1. The Labute approximate surface area is 163 Å². The lowest BCUT2D eigenvalue weighted by Gasteiger charge is -2.31. The van der Waals surface area contributed by atoms with Crippen molar-refractivity contribution in [1.29, 1.82) is 0 Å². The minimum Gasteiger partial charge on any atom is -0.325 e. The smallest absolute Gasteiger partial charge is 0.321 e. The third kappa shape index (κ3) is 4.33. The normalized spacial score (nSPS) is 14.8. The van der Waals surface area contributed by atoms with Gasteiger partial charge in [-0.15, -0.1) is 0 Å². The number of hydrogen-bond donors (Lipinski definition) is 1. The van der Waals surface area contributed by atoms with Crippen LogP contribution in [0.1, 0.15) is 18.5 Å². The van der Waals surface area contributed by atoms with Crippen molar-refractivity contribution in [2.45, 2.75) is 26.3 Å². The molecule has 0 aliphatic carbocycles. The number of anilines is 1. The van der Waals surface area contributed by atoms with Gasteiger partial charge in [0.2, 0.25) is 0 Å². The van der Waals surface area contributed by atoms with Crippen molar-refractivity contribution in [3.05, 3.63) is 54.9 Å². The summed E-state index contributed by atoms with van der Waals surface area (Å²) in [6.07, 6.45) is 6.98. The molecule has 3 heterocycles. The molecular weight excluding hydrogens is 354 g/mol. The number of urea groups is 1. The van der Waals surface area contributed by atoms with Gasteiger partial charge < -0.3 is 10.2 Å². The summed E-state index contributed by atoms with van der Waals surface area (Å²) in [5.74, 6) is 1.21. The number of carbonyl (C=O) groups is 1. The number of likely N-dealkylation sites (tertiary alicyclic amines) is 1. The highest BCUT2D eigenvalue weighted by Crippen LogP contribution is 2.21. The van der Waals surface area contributed by atoms with E-state index >= 15 is 0 Å². The predicted molar refractivity (Wildman–Crippen MR) is 106 cm³/mol. The molecule has 0 bridgehead atoms. The summed E-state index contributed by atoms with van der Waals surface area (Å²) in [6.45, 7) is 4.30. The summed E-state index contributed by atoms with van der Waals surface area (Å²) < 4.78 is 1.86. The highest BCUT2D eigenvalue weighted by atomic mass is 16.2. The zero-order valence-electron chi connectivity index (χ0n) is 15.8. The Morgan fingerprint density at radius 3 is 2.64 bits per heavy atom. The van der Waals surface area contributed by atoms with Crippen LogP contribution in [0.3, 0.4) is 0 Å². The van der Waals surface area contributed by atoms with Crippen molar-refractivity contribution in [2.24, 2.45) is 5.92 Å². The number of rotatable bonds is 4. The molecule has 144 valence electrons. The Kier molecular flexibility index (Phi) is 5.27. The number of amides is 2. The van der Waals surface area contributed by atoms with Crippen molar-refractivity contribution in [1.82, 2.24) is 29.6 Å². The third-order valence-corrected chi connectivity index (χ3v) is 5.00. The summed E-state index contributed by atoms with van der Waals surface area (Å²) in [5.41, 5.74) is 2.62. The lowest BCUT2D eigenvalue weighted by Crippen LogP contribution is -2.41. The fourth-order valence-electron chi connectivity index (χ4n) is 3.40. The van der Waals surface area contributed by atoms with Gasteiger partial charge in [0.05, 0.1) is 0 Å². The summed E-state index contributed by atoms with van der Waals surface area (Å²) in [7, 11) is 0. The molecule has 28 heavy (non-hydrogen) atoms. The van der Waals surface area contributed by atoms with E-state index in [-0.39, 0.29) is 6.03 Å². The molecule has 1 fully saturated rings. The number of carbonyl (C=O) groups excluding carboxylic acids is 1. The molecule has 2 aromatic heterocycles. The van der Waals surface area contributed by atoms with Gasteiger partial charge in [-0.05, 0) is 56.0 Å². The van der Waals surface area contributed by atoms with Crippen LogP contribution < -0.4 is 5.32 Å². The van der Waals surface area contributed by atoms with Gasteiger partial charge in [-0.2, -0.15) is 5.10 Å². The molecule has 1 aromatic carbocycles. The number of benzene rings is 1. The molecule has 1 aliphatic heterocycles. The summed E-state index contributed by atoms with van der Waals surface area (Å²) in [5, 5.41) is 7.14. The molecule has 0 spiro atoms. The van der Waals surface area contributed by atoms with Crippen molar-refractivity contribution >= 4 is 11.7 Å². The standard InChI is InChI=1S/C20H23N7O/c1-15-6-9-22-19(24-15)17-2-4-18(5-3-17)25-20(28)26-10-7-16(8-11-26)12-27-14-21-13-23-27/h2-6,9,13-14,16H,7-8,10-12H2,1H3,(H,25,28). The molecule has 8 heteroatoms. The minimum absolute atomic E-state index is 0.0567. The number of piperidine rings is 1. The first-order valence-corrected chi connectivity index (χ1v) is 9.46. The molecule has 1 aliphatic rings. The van der Waals surface area contributed by atoms with E-state index in [0.717, 1.165) is 49.4 Å². The van der Waals surface area contributed by atoms with Crippen molar-refractivity contribution in [3.8, 4) is 11.4 Å². The first kappa shape index (κ1) is 18.1. The Morgan fingerprint density at radius 2 is 1.96 bits per heavy atom. The third-order valence-electron chi connectivity index (χ3n) is 5.00. The molecule has 1 N–H and O–H groups in total. The van der Waals surface area contributed by atoms with Crippen LogP contribution >= 0.6 is 0 Å². The Bertz CT molecular complexity index is 916. The maximum atomic E-state index is 12.6. The zero-order valence-corrected chi connectivity index (χ0v) is 15.8. The molecule has 0 saturated carbocycles. The van der Waals surface area contributed by atoms with Crippen LogP contribution in [0, 0.1) is 12.8 Å². The van der Waals surface area contributed by atoms with Gasteiger partial charge in [-0.3, -0.25) is 4.68 Å². The van der Waals surface area contributed by atoms with Gasteiger partial charge in [-0.25, -0.2) is 19.7 Å². The summed E-state index contributed by atoms with van der Waals surface area (Å²) in [4.78, 5) is 27.1. The Morgan fingerprint density at radius 1 is 1.18 bits per heavy atom. The van der Waals surface area contributed by atoms with E-state index in [4.69, 9.17) is 0 Å². The van der Waals surface area contributed by atoms with E-state index in [9.17, 15) is 4.79 Å². The largest absolute Gasteiger partial charge is 0.325 e. The molecule has 1 saturated heterocycles. The molecule has 0 radical (unpaired) electrons. The first-order valence-electron chi connectivity index (χ1n) is 9.46. The average Bonchev–Trinajstić information content (AvgIpc) is 3.22. The zero-order chi connectivity index (χ0) is 19.3. The number of aromatic nitrogens is 5. The van der Waals surface area contributed by atoms with Crippen molar-refractivity contribution in [2.75, 3.05) is 18.4 Å². The Balaban J connectivity index is 1.30. The summed E-state index contributed by atoms with van der Waals surface area (Å²) in [6, 6.07) is 9.43. The van der Waals surface area contributed by atoms with Crippen molar-refractivity contribution in [3.63, 3.8) is 0 Å². The van der Waals surface area contributed by atoms with E-state index < -0.39 is 0 Å². The topological polar surface area (TPSA) is 88.8 Å². The average molecular weight is 377 g/mol. The molecule has 0 unspecified atom stereocenters. The molecule has 4 rings (SSSR count). The SMILES string of the molecule is Cc1ccnc(-c2ccc(NC(=O)N3CCC(Cn4cncn4)CC3)cc2)n1. The maximum absolute atomic E-state index is 12.6. The molecule has 2 amide bonds. The fraction of sp³-hybridized carbons (Fsp3) is 0.350. The quantitative estimate of drug-likeness (QED) is 0.755. The van der Waals surface area contributed by atoms with Gasteiger partial charge >= 0.3 is 6.03 Å². The fourth-order valence-corrected chi connectivity index (χ4v) is 3.40. The Hall–Kier alpha value is -3.29. The second-order valence-electron chi connectivity index (χ2n) is 7.08. The monoisotopic (exact) mass is 377 g/mol. The molecule has 0 atom stereocenters. The van der Waals surface area contributed by atoms with Crippen molar-refractivity contribution < 1.29 is 4.79 Å². The first-order chi connectivity index (χ1) is 13.7. The van der Waals surface area contributed by atoms with E-state index in [0.29, 0.717) is 11.7 Å². The maximum Gasteiger partial charge on any atom is 0.321 e.